The van der Waals surface area contributed by atoms with E-state index in [0.717, 1.165) is 27.2 Å². The number of aliphatic carboxylic acids is 1. The molecule has 0 unspecified atom stereocenters. The number of carbonyl (C=O) groups is 13. The summed E-state index contributed by atoms with van der Waals surface area (Å²) in [5, 5.41) is 78.8. The van der Waals surface area contributed by atoms with Crippen molar-refractivity contribution in [3.63, 3.8) is 0 Å². The van der Waals surface area contributed by atoms with Gasteiger partial charge in [-0.15, -0.1) is 0 Å². The number of aromatic nitrogens is 1. The van der Waals surface area contributed by atoms with Crippen LogP contribution in [0, 0.1) is 3.57 Å². The van der Waals surface area contributed by atoms with E-state index in [-0.39, 0.29) is 94.8 Å². The molecular weight excluding hydrogens is 1660 g/mol. The predicted octanol–water partition coefficient (Wildman–Crippen LogP) is 0.211. The lowest BCUT2D eigenvalue weighted by Gasteiger charge is -2.29. The van der Waals surface area contributed by atoms with Gasteiger partial charge in [-0.2, -0.15) is 0 Å². The molecule has 117 heavy (non-hydrogen) atoms. The van der Waals surface area contributed by atoms with Crippen LogP contribution in [0.25, 0.3) is 10.9 Å². The normalized spacial score (nSPS) is 23.4. The Morgan fingerprint density at radius 2 is 1.07 bits per heavy atom. The largest absolute Gasteiger partial charge is 0.507 e. The summed E-state index contributed by atoms with van der Waals surface area (Å²) in [6.07, 6.45) is -1.85. The molecule has 8 rings (SSSR count). The van der Waals surface area contributed by atoms with Crippen LogP contribution in [-0.4, -0.2) is 218 Å². The Labute approximate surface area is 698 Å². The first-order valence-electron chi connectivity index (χ1n) is 38.8. The summed E-state index contributed by atoms with van der Waals surface area (Å²) in [6.45, 7) is 4.58. The van der Waals surface area contributed by atoms with Crippen LogP contribution in [0.5, 0.6) is 5.75 Å². The summed E-state index contributed by atoms with van der Waals surface area (Å²) < 4.78 is 0.462. The van der Waals surface area contributed by atoms with Crippen LogP contribution in [0.4, 0.5) is 0 Å². The van der Waals surface area contributed by atoms with Crippen LogP contribution in [-0.2, 0) is 101 Å². The van der Waals surface area contributed by atoms with E-state index in [9.17, 15) is 54.0 Å². The quantitative estimate of drug-likeness (QED) is 0.0245. The lowest BCUT2D eigenvalue weighted by Crippen LogP contribution is -2.63. The number of phenolic OH excluding ortho intramolecular Hbond substituents is 1. The molecule has 13 atom stereocenters. The van der Waals surface area contributed by atoms with Crippen LogP contribution in [0.1, 0.15) is 106 Å². The molecule has 3 heterocycles. The number of fused-ring (bicyclic) bond motifs is 10. The molecule has 0 radical (unpaired) electrons. The molecule has 2 fully saturated rings. The molecule has 630 valence electrons. The maximum absolute atomic E-state index is 15.6. The smallest absolute Gasteiger partial charge is 0.327 e. The van der Waals surface area contributed by atoms with Crippen molar-refractivity contribution in [3.8, 4) is 5.75 Å². The van der Waals surface area contributed by atoms with Crippen molar-refractivity contribution in [3.05, 3.63) is 171 Å². The number of benzene rings is 5. The standard InChI is InChI=1S/C81H105IN16O17S2/c1-45(2)86-40-50-26-24-49(25-27-50)38-62-77(110)98-69(46(3)100)80(113)94-61(37-48-18-8-5-9-19-48)75(108)88-58-23-13-15-33-85-68(102)31-29-59(73(106)93-63(76(109)92-62)39-52-41-87-56-21-11-10-20-53(52)56)90-74(107)60(36-47-16-6-4-7-17-47)91-71(104)57(22-12-14-32-83)89-79(112)65(96-70(103)55(84)35-51-28-30-67(101)54(82)34-51)43-116-117-44-66(81(114)115)97-78(111)64(42-99)95-72(58)105/h4-11,16-21,24-28,30,34,41,45-46,55,57-66,69,86-87,99-101H,12-15,22-23,29,31-33,35-40,42-44,83-84H2,1-3H3,(H,85,102)(H,88,108)(H,89,112)(H,90,107)(H,91,104)(H,92,109)(H,93,106)(H,94,113)(H,95,105)(H,96,103)(H,97,111)(H,98,110)(H,114,115)/t46-,55+,57+,58+,59+,60+,61+,62+,63-,64+,65+,66+,69+/m1/s1. The van der Waals surface area contributed by atoms with Gasteiger partial charge in [0.2, 0.25) is 70.9 Å². The zero-order valence-corrected chi connectivity index (χ0v) is 69.0. The van der Waals surface area contributed by atoms with E-state index in [2.05, 4.69) is 74.1 Å². The van der Waals surface area contributed by atoms with Crippen molar-refractivity contribution in [1.29, 1.82) is 0 Å². The molecule has 2 saturated heterocycles. The molecule has 22 N–H and O–H groups in total. The summed E-state index contributed by atoms with van der Waals surface area (Å²) in [5.41, 5.74) is 16.5. The summed E-state index contributed by atoms with van der Waals surface area (Å²) >= 11 is 1.90. The third kappa shape index (κ3) is 29.4. The Balaban J connectivity index is 1.25. The van der Waals surface area contributed by atoms with Gasteiger partial charge in [-0.25, -0.2) is 4.79 Å². The second-order valence-corrected chi connectivity index (χ2v) is 32.9. The van der Waals surface area contributed by atoms with Crippen molar-refractivity contribution >= 4 is 132 Å². The van der Waals surface area contributed by atoms with Crippen molar-refractivity contribution in [2.75, 3.05) is 31.2 Å². The van der Waals surface area contributed by atoms with Crippen LogP contribution >= 0.6 is 44.2 Å². The highest BCUT2D eigenvalue weighted by atomic mass is 127. The maximum atomic E-state index is 15.6. The molecule has 12 amide bonds. The summed E-state index contributed by atoms with van der Waals surface area (Å²) in [7, 11) is 1.69. The van der Waals surface area contributed by atoms with Gasteiger partial charge in [0.25, 0.3) is 0 Å². The average molecular weight is 1770 g/mol. The Morgan fingerprint density at radius 1 is 0.556 bits per heavy atom. The molecule has 2 aliphatic rings. The lowest BCUT2D eigenvalue weighted by atomic mass is 9.99. The number of carboxylic acids is 1. The Kier molecular flexibility index (Phi) is 36.8. The molecule has 0 aliphatic carbocycles. The first kappa shape index (κ1) is 92.3. The monoisotopic (exact) mass is 1760 g/mol. The molecule has 36 heteroatoms. The molecule has 2 aliphatic heterocycles. The van der Waals surface area contributed by atoms with E-state index < -0.39 is 181 Å². The number of amides is 12. The molecule has 33 nitrogen and oxygen atoms in total. The van der Waals surface area contributed by atoms with Gasteiger partial charge in [-0.05, 0) is 139 Å². The minimum absolute atomic E-state index is 0.0189. The SMILES string of the molecule is CC(C)NCc1ccc(C[C@@H]2NC(=O)[C@@H](Cc3c[nH]c4ccccc34)NC(=O)[C@@H]3CCC(=O)NCCCC[C@H](NC(=O)[C@H](Cc4ccccc4)NC(=O)[C@H]([C@@H](C)O)NC2=O)C(=O)N[C@@H](CO)C(=O)N[C@H](C(=O)O)CSSC[C@H](NC(=O)[C@@H](N)Cc2ccc(O)c(I)c2)C(=O)N[C@@H](CCCCN)C(=O)N[C@@H](Cc2ccccc2)C(=O)N3)cc1. The van der Waals surface area contributed by atoms with Crippen LogP contribution in [0.3, 0.4) is 0 Å². The number of nitrogens with two attached hydrogens (primary N) is 2. The number of halogens is 1. The van der Waals surface area contributed by atoms with Gasteiger partial charge in [0.15, 0.2) is 0 Å². The highest BCUT2D eigenvalue weighted by molar-refractivity contribution is 14.1. The van der Waals surface area contributed by atoms with E-state index in [1.165, 1.54) is 13.0 Å². The molecular formula is C81H105IN16O17S2. The number of hydrogen-bond acceptors (Lipinski definition) is 21. The number of aliphatic hydroxyl groups is 2. The number of rotatable bonds is 22. The molecule has 5 aromatic carbocycles. The number of nitrogens with one attached hydrogen (secondary N) is 14. The van der Waals surface area contributed by atoms with E-state index >= 15 is 28.8 Å². The van der Waals surface area contributed by atoms with E-state index in [0.29, 0.717) is 55.3 Å². The molecule has 6 aromatic rings. The van der Waals surface area contributed by atoms with Gasteiger partial charge >= 0.3 is 5.97 Å². The highest BCUT2D eigenvalue weighted by Crippen LogP contribution is 2.26. The van der Waals surface area contributed by atoms with Gasteiger partial charge in [-0.1, -0.05) is 145 Å². The van der Waals surface area contributed by atoms with E-state index in [1.807, 2.05) is 48.6 Å². The predicted molar refractivity (Wildman–Crippen MR) is 448 cm³/mol. The van der Waals surface area contributed by atoms with Crippen molar-refractivity contribution in [2.24, 2.45) is 11.5 Å². The molecule has 1 aromatic heterocycles. The maximum Gasteiger partial charge on any atom is 0.327 e. The fraction of sp³-hybridized carbons (Fsp3) is 0.444. The van der Waals surface area contributed by atoms with Crippen molar-refractivity contribution in [1.82, 2.24) is 74.1 Å². The Hall–Kier alpha value is -10.2. The van der Waals surface area contributed by atoms with Crippen molar-refractivity contribution < 1.29 is 82.8 Å². The molecule has 2 bridgehead atoms. The molecule has 0 saturated carbocycles. The van der Waals surface area contributed by atoms with Gasteiger partial charge in [0, 0.05) is 79.8 Å². The third-order valence-electron chi connectivity index (χ3n) is 19.6. The number of phenols is 1. The topological polar surface area (TPSA) is 527 Å². The number of unbranched alkanes of at least 4 members (excludes halogenated alkanes) is 1. The second-order valence-electron chi connectivity index (χ2n) is 29.2. The second kappa shape index (κ2) is 46.7. The van der Waals surface area contributed by atoms with Gasteiger partial charge in [-0.3, -0.25) is 57.5 Å². The number of aliphatic hydroxyl groups excluding tert-OH is 2. The minimum Gasteiger partial charge on any atom is -0.507 e. The number of carbonyl (C=O) groups excluding carboxylic acids is 12. The van der Waals surface area contributed by atoms with Crippen LogP contribution < -0.4 is 80.6 Å². The third-order valence-corrected chi connectivity index (χ3v) is 22.9. The average Bonchev–Trinajstić information content (AvgIpc) is 1.68. The number of H-pyrrole nitrogens is 1. The first-order chi connectivity index (χ1) is 56.1. The summed E-state index contributed by atoms with van der Waals surface area (Å²) in [6, 6.07) is 16.0. The zero-order valence-electron chi connectivity index (χ0n) is 65.2. The molecule has 0 spiro atoms. The zero-order chi connectivity index (χ0) is 84.7. The minimum atomic E-state index is -1.88. The van der Waals surface area contributed by atoms with Crippen LogP contribution in [0.2, 0.25) is 0 Å². The van der Waals surface area contributed by atoms with Gasteiger partial charge < -0.3 is 106 Å². The first-order valence-corrected chi connectivity index (χ1v) is 42.4. The van der Waals surface area contributed by atoms with E-state index in [4.69, 9.17) is 11.5 Å². The van der Waals surface area contributed by atoms with Crippen LogP contribution in [0.15, 0.2) is 134 Å². The fourth-order valence-corrected chi connectivity index (χ4v) is 15.9. The summed E-state index contributed by atoms with van der Waals surface area (Å²) in [4.78, 5) is 195. The summed E-state index contributed by atoms with van der Waals surface area (Å²) in [5.74, 6) is -14.2. The van der Waals surface area contributed by atoms with Crippen molar-refractivity contribution in [2.45, 2.75) is 195 Å². The number of para-hydroxylation sites is 1. The van der Waals surface area contributed by atoms with E-state index in [1.54, 1.807) is 115 Å². The number of aromatic amines is 1. The Bertz CT molecular complexity index is 4400. The number of aromatic hydroxyl groups is 1. The highest BCUT2D eigenvalue weighted by Gasteiger charge is 2.39. The lowest BCUT2D eigenvalue weighted by molar-refractivity contribution is -0.142. The van der Waals surface area contributed by atoms with Gasteiger partial charge in [0.1, 0.15) is 72.2 Å². The number of hydrogen-bond donors (Lipinski definition) is 20. The Morgan fingerprint density at radius 3 is 1.67 bits per heavy atom. The number of carboxylic acid groups (broad SMARTS) is 1. The fourth-order valence-electron chi connectivity index (χ4n) is 13.0. The van der Waals surface area contributed by atoms with Gasteiger partial charge in [0.05, 0.1) is 22.3 Å².